The van der Waals surface area contributed by atoms with Crippen LogP contribution in [0.2, 0.25) is 0 Å². The predicted molar refractivity (Wildman–Crippen MR) is 71.9 cm³/mol. The molecule has 0 aromatic carbocycles. The van der Waals surface area contributed by atoms with E-state index in [1.165, 1.54) is 0 Å². The molecule has 0 aromatic rings. The number of β-amino-alcohol motifs (C(OH)–C–C–N with tert-alkyl or cyclic N) is 1. The zero-order chi connectivity index (χ0) is 13.9. The highest BCUT2D eigenvalue weighted by atomic mass is 16.5. The Bertz CT molecular complexity index is 303. The second-order valence-corrected chi connectivity index (χ2v) is 5.98. The molecule has 2 saturated heterocycles. The van der Waals surface area contributed by atoms with E-state index in [0.717, 1.165) is 32.7 Å². The SMILES string of the molecule is CC(C)(O)CN1CCN(C(=O)C2CNCCO2)CC1. The van der Waals surface area contributed by atoms with Gasteiger partial charge in [0.15, 0.2) is 0 Å². The number of aliphatic hydroxyl groups is 1. The average molecular weight is 271 g/mol. The van der Waals surface area contributed by atoms with E-state index >= 15 is 0 Å². The van der Waals surface area contributed by atoms with E-state index in [4.69, 9.17) is 4.74 Å². The van der Waals surface area contributed by atoms with Gasteiger partial charge in [-0.3, -0.25) is 9.69 Å². The fraction of sp³-hybridized carbons (Fsp3) is 0.923. The van der Waals surface area contributed by atoms with Crippen LogP contribution in [0.4, 0.5) is 0 Å². The average Bonchev–Trinajstić information content (AvgIpc) is 2.38. The molecule has 0 spiro atoms. The molecule has 2 rings (SSSR count). The molecule has 0 radical (unpaired) electrons. The second kappa shape index (κ2) is 6.17. The number of hydrogen-bond acceptors (Lipinski definition) is 5. The summed E-state index contributed by atoms with van der Waals surface area (Å²) in [4.78, 5) is 16.3. The van der Waals surface area contributed by atoms with Crippen LogP contribution in [-0.4, -0.2) is 84.9 Å². The van der Waals surface area contributed by atoms with Crippen LogP contribution in [0.5, 0.6) is 0 Å². The van der Waals surface area contributed by atoms with Gasteiger partial charge in [0.1, 0.15) is 6.10 Å². The van der Waals surface area contributed by atoms with Gasteiger partial charge in [0.05, 0.1) is 12.2 Å². The summed E-state index contributed by atoms with van der Waals surface area (Å²) in [6.07, 6.45) is -0.324. The summed E-state index contributed by atoms with van der Waals surface area (Å²) in [5.74, 6) is 0.0927. The Hall–Kier alpha value is -0.690. The molecule has 2 N–H and O–H groups in total. The van der Waals surface area contributed by atoms with Crippen molar-refractivity contribution in [2.45, 2.75) is 25.6 Å². The number of piperazine rings is 1. The first-order valence-electron chi connectivity index (χ1n) is 7.01. The van der Waals surface area contributed by atoms with Crippen molar-refractivity contribution >= 4 is 5.91 Å². The first kappa shape index (κ1) is 14.7. The van der Waals surface area contributed by atoms with E-state index in [2.05, 4.69) is 10.2 Å². The zero-order valence-corrected chi connectivity index (χ0v) is 11.9. The summed E-state index contributed by atoms with van der Waals surface area (Å²) in [5, 5.41) is 13.0. The molecule has 0 aromatic heterocycles. The third-order valence-corrected chi connectivity index (χ3v) is 3.50. The maximum atomic E-state index is 12.2. The van der Waals surface area contributed by atoms with Gasteiger partial charge in [-0.2, -0.15) is 0 Å². The molecule has 19 heavy (non-hydrogen) atoms. The van der Waals surface area contributed by atoms with Gasteiger partial charge in [-0.05, 0) is 13.8 Å². The highest BCUT2D eigenvalue weighted by molar-refractivity contribution is 5.81. The molecule has 6 nitrogen and oxygen atoms in total. The van der Waals surface area contributed by atoms with Crippen LogP contribution in [0, 0.1) is 0 Å². The molecule has 0 bridgehead atoms. The summed E-state index contributed by atoms with van der Waals surface area (Å²) < 4.78 is 5.49. The number of ether oxygens (including phenoxy) is 1. The Labute approximate surface area is 114 Å². The quantitative estimate of drug-likeness (QED) is 0.681. The van der Waals surface area contributed by atoms with Crippen molar-refractivity contribution in [1.82, 2.24) is 15.1 Å². The number of nitrogens with one attached hydrogen (secondary N) is 1. The lowest BCUT2D eigenvalue weighted by Gasteiger charge is -2.38. The van der Waals surface area contributed by atoms with E-state index in [0.29, 0.717) is 19.7 Å². The van der Waals surface area contributed by atoms with Crippen LogP contribution in [-0.2, 0) is 9.53 Å². The van der Waals surface area contributed by atoms with Crippen molar-refractivity contribution in [3.05, 3.63) is 0 Å². The van der Waals surface area contributed by atoms with Gasteiger partial charge in [-0.15, -0.1) is 0 Å². The molecule has 6 heteroatoms. The summed E-state index contributed by atoms with van der Waals surface area (Å²) in [6, 6.07) is 0. The van der Waals surface area contributed by atoms with Crippen molar-refractivity contribution in [1.29, 1.82) is 0 Å². The Kier molecular flexibility index (Phi) is 4.78. The van der Waals surface area contributed by atoms with Crippen molar-refractivity contribution in [2.24, 2.45) is 0 Å². The number of carbonyl (C=O) groups is 1. The third kappa shape index (κ3) is 4.42. The van der Waals surface area contributed by atoms with Crippen molar-refractivity contribution < 1.29 is 14.6 Å². The molecule has 0 aliphatic carbocycles. The molecule has 1 unspecified atom stereocenters. The molecular weight excluding hydrogens is 246 g/mol. The Morgan fingerprint density at radius 2 is 2.05 bits per heavy atom. The lowest BCUT2D eigenvalue weighted by atomic mass is 10.1. The van der Waals surface area contributed by atoms with Crippen LogP contribution in [0.15, 0.2) is 0 Å². The smallest absolute Gasteiger partial charge is 0.253 e. The topological polar surface area (TPSA) is 65.0 Å². The Balaban J connectivity index is 1.77. The highest BCUT2D eigenvalue weighted by Gasteiger charge is 2.30. The summed E-state index contributed by atoms with van der Waals surface area (Å²) in [5.41, 5.74) is -0.678. The van der Waals surface area contributed by atoms with Crippen LogP contribution in [0.25, 0.3) is 0 Å². The number of morpholine rings is 1. The van der Waals surface area contributed by atoms with E-state index in [9.17, 15) is 9.90 Å². The van der Waals surface area contributed by atoms with E-state index in [1.54, 1.807) is 0 Å². The number of rotatable bonds is 3. The van der Waals surface area contributed by atoms with E-state index in [1.807, 2.05) is 18.7 Å². The lowest BCUT2D eigenvalue weighted by Crippen LogP contribution is -2.56. The second-order valence-electron chi connectivity index (χ2n) is 5.98. The van der Waals surface area contributed by atoms with Crippen molar-refractivity contribution in [3.8, 4) is 0 Å². The molecule has 0 saturated carbocycles. The van der Waals surface area contributed by atoms with Crippen LogP contribution in [0.1, 0.15) is 13.8 Å². The maximum absolute atomic E-state index is 12.2. The number of amides is 1. The van der Waals surface area contributed by atoms with Crippen molar-refractivity contribution in [3.63, 3.8) is 0 Å². The molecule has 2 fully saturated rings. The predicted octanol–water partition coefficient (Wildman–Crippen LogP) is -1.11. The summed E-state index contributed by atoms with van der Waals surface area (Å²) >= 11 is 0. The molecule has 110 valence electrons. The number of carbonyl (C=O) groups excluding carboxylic acids is 1. The van der Waals surface area contributed by atoms with Crippen molar-refractivity contribution in [2.75, 3.05) is 52.4 Å². The molecule has 1 amide bonds. The van der Waals surface area contributed by atoms with Crippen LogP contribution >= 0.6 is 0 Å². The summed E-state index contributed by atoms with van der Waals surface area (Å²) in [7, 11) is 0. The normalized spacial score (nSPS) is 26.5. The third-order valence-electron chi connectivity index (χ3n) is 3.50. The fourth-order valence-electron chi connectivity index (χ4n) is 2.60. The Morgan fingerprint density at radius 3 is 2.58 bits per heavy atom. The van der Waals surface area contributed by atoms with E-state index < -0.39 is 5.60 Å². The first-order valence-corrected chi connectivity index (χ1v) is 7.01. The highest BCUT2D eigenvalue weighted by Crippen LogP contribution is 2.10. The first-order chi connectivity index (χ1) is 8.96. The lowest BCUT2D eigenvalue weighted by molar-refractivity contribution is -0.147. The van der Waals surface area contributed by atoms with Gasteiger partial charge in [0.25, 0.3) is 5.91 Å². The number of nitrogens with zero attached hydrogens (tertiary/aromatic N) is 2. The minimum atomic E-state index is -0.678. The largest absolute Gasteiger partial charge is 0.389 e. The van der Waals surface area contributed by atoms with Crippen LogP contribution < -0.4 is 5.32 Å². The monoisotopic (exact) mass is 271 g/mol. The molecule has 2 heterocycles. The Morgan fingerprint density at radius 1 is 1.37 bits per heavy atom. The molecular formula is C13H25N3O3. The summed E-state index contributed by atoms with van der Waals surface area (Å²) in [6.45, 7) is 9.38. The number of hydrogen-bond donors (Lipinski definition) is 2. The van der Waals surface area contributed by atoms with E-state index in [-0.39, 0.29) is 12.0 Å². The van der Waals surface area contributed by atoms with Gasteiger partial charge in [0.2, 0.25) is 0 Å². The molecule has 1 atom stereocenters. The van der Waals surface area contributed by atoms with Gasteiger partial charge in [-0.25, -0.2) is 0 Å². The molecule has 2 aliphatic heterocycles. The standard InChI is InChI=1S/C13H25N3O3/c1-13(2,18)10-15-4-6-16(7-5-15)12(17)11-9-14-3-8-19-11/h11,14,18H,3-10H2,1-2H3. The van der Waals surface area contributed by atoms with Gasteiger partial charge in [-0.1, -0.05) is 0 Å². The van der Waals surface area contributed by atoms with Gasteiger partial charge < -0.3 is 20.1 Å². The maximum Gasteiger partial charge on any atom is 0.253 e. The minimum Gasteiger partial charge on any atom is -0.389 e. The van der Waals surface area contributed by atoms with Gasteiger partial charge >= 0.3 is 0 Å². The zero-order valence-electron chi connectivity index (χ0n) is 11.9. The molecule has 2 aliphatic rings. The van der Waals surface area contributed by atoms with Crippen LogP contribution in [0.3, 0.4) is 0 Å². The minimum absolute atomic E-state index is 0.0927. The fourth-order valence-corrected chi connectivity index (χ4v) is 2.60. The van der Waals surface area contributed by atoms with Gasteiger partial charge in [0, 0.05) is 45.8 Å².